The number of rotatable bonds is 5. The normalized spacial score (nSPS) is 10.6. The zero-order valence-corrected chi connectivity index (χ0v) is 9.75. The number of thiazole rings is 1. The van der Waals surface area contributed by atoms with Crippen molar-refractivity contribution in [1.82, 2.24) is 15.2 Å². The van der Waals surface area contributed by atoms with Crippen molar-refractivity contribution in [2.45, 2.75) is 26.4 Å². The van der Waals surface area contributed by atoms with Gasteiger partial charge in [-0.1, -0.05) is 12.0 Å². The summed E-state index contributed by atoms with van der Waals surface area (Å²) in [4.78, 5) is 5.54. The maximum atomic E-state index is 5.36. The van der Waals surface area contributed by atoms with Crippen molar-refractivity contribution < 1.29 is 4.42 Å². The number of anilines is 1. The van der Waals surface area contributed by atoms with Gasteiger partial charge in [-0.25, -0.2) is 4.98 Å². The predicted molar refractivity (Wildman–Crippen MR) is 61.0 cm³/mol. The average molecular weight is 239 g/mol. The Morgan fingerprint density at radius 2 is 2.38 bits per heavy atom. The molecule has 0 bridgehead atoms. The van der Waals surface area contributed by atoms with Gasteiger partial charge in [-0.2, -0.15) is 0 Å². The molecule has 3 N–H and O–H groups in total. The minimum Gasteiger partial charge on any atom is -0.407 e. The van der Waals surface area contributed by atoms with E-state index in [0.717, 1.165) is 11.4 Å². The van der Waals surface area contributed by atoms with Crippen molar-refractivity contribution >= 4 is 17.4 Å². The van der Waals surface area contributed by atoms with Crippen LogP contribution in [0.25, 0.3) is 0 Å². The van der Waals surface area contributed by atoms with Gasteiger partial charge in [0.05, 0.1) is 13.1 Å². The van der Waals surface area contributed by atoms with Gasteiger partial charge in [0.1, 0.15) is 5.01 Å². The Balaban J connectivity index is 1.91. The SMILES string of the molecule is CCc1cnc(CNc2nnc(CN)o2)s1. The standard InChI is InChI=1S/C9H13N5OS/c1-2-6-4-11-8(16-6)5-12-9-14-13-7(3-10)15-9/h4H,2-3,5,10H2,1H3,(H,12,14). The summed E-state index contributed by atoms with van der Waals surface area (Å²) in [6.45, 7) is 2.96. The third kappa shape index (κ3) is 2.56. The van der Waals surface area contributed by atoms with E-state index in [1.807, 2.05) is 6.20 Å². The van der Waals surface area contributed by atoms with E-state index in [1.54, 1.807) is 11.3 Å². The molecule has 0 aliphatic carbocycles. The quantitative estimate of drug-likeness (QED) is 0.813. The molecule has 2 rings (SSSR count). The van der Waals surface area contributed by atoms with Gasteiger partial charge in [-0.15, -0.1) is 16.4 Å². The van der Waals surface area contributed by atoms with Crippen molar-refractivity contribution in [2.24, 2.45) is 5.73 Å². The highest BCUT2D eigenvalue weighted by Crippen LogP contribution is 2.14. The number of nitrogens with zero attached hydrogens (tertiary/aromatic N) is 3. The number of hydrogen-bond donors (Lipinski definition) is 2. The first-order chi connectivity index (χ1) is 7.81. The van der Waals surface area contributed by atoms with Crippen LogP contribution in [0.2, 0.25) is 0 Å². The molecular formula is C9H13N5OS. The van der Waals surface area contributed by atoms with Crippen molar-refractivity contribution in [3.63, 3.8) is 0 Å². The summed E-state index contributed by atoms with van der Waals surface area (Å²) in [5, 5.41) is 11.6. The summed E-state index contributed by atoms with van der Waals surface area (Å²) in [6.07, 6.45) is 2.90. The second-order valence-corrected chi connectivity index (χ2v) is 4.33. The maximum Gasteiger partial charge on any atom is 0.315 e. The molecule has 0 saturated heterocycles. The molecule has 0 spiro atoms. The molecule has 0 fully saturated rings. The molecule has 0 aliphatic heterocycles. The van der Waals surface area contributed by atoms with Gasteiger partial charge in [0.25, 0.3) is 0 Å². The molecule has 0 amide bonds. The maximum absolute atomic E-state index is 5.36. The van der Waals surface area contributed by atoms with E-state index in [-0.39, 0.29) is 6.54 Å². The van der Waals surface area contributed by atoms with Gasteiger partial charge in [-0.3, -0.25) is 0 Å². The summed E-state index contributed by atoms with van der Waals surface area (Å²) < 4.78 is 5.21. The number of hydrogen-bond acceptors (Lipinski definition) is 7. The van der Waals surface area contributed by atoms with Crippen LogP contribution in [0.15, 0.2) is 10.6 Å². The second-order valence-electron chi connectivity index (χ2n) is 3.13. The molecule has 7 heteroatoms. The highest BCUT2D eigenvalue weighted by Gasteiger charge is 2.05. The molecule has 86 valence electrons. The average Bonchev–Trinajstić information content (AvgIpc) is 2.95. The first-order valence-corrected chi connectivity index (χ1v) is 5.83. The van der Waals surface area contributed by atoms with Crippen molar-refractivity contribution in [3.8, 4) is 0 Å². The van der Waals surface area contributed by atoms with E-state index in [1.165, 1.54) is 4.88 Å². The summed E-state index contributed by atoms with van der Waals surface area (Å²) in [5.41, 5.74) is 5.36. The molecule has 16 heavy (non-hydrogen) atoms. The number of aromatic nitrogens is 3. The Morgan fingerprint density at radius 1 is 1.50 bits per heavy atom. The van der Waals surface area contributed by atoms with Gasteiger partial charge >= 0.3 is 6.01 Å². The van der Waals surface area contributed by atoms with E-state index in [0.29, 0.717) is 18.5 Å². The van der Waals surface area contributed by atoms with Gasteiger partial charge in [0.2, 0.25) is 5.89 Å². The van der Waals surface area contributed by atoms with Crippen LogP contribution >= 0.6 is 11.3 Å². The van der Waals surface area contributed by atoms with Crippen LogP contribution in [0.4, 0.5) is 6.01 Å². The lowest BCUT2D eigenvalue weighted by atomic mass is 10.4. The first-order valence-electron chi connectivity index (χ1n) is 5.01. The zero-order valence-electron chi connectivity index (χ0n) is 8.93. The summed E-state index contributed by atoms with van der Waals surface area (Å²) in [5.74, 6) is 0.427. The molecule has 0 saturated carbocycles. The number of nitrogens with one attached hydrogen (secondary N) is 1. The van der Waals surface area contributed by atoms with Gasteiger partial charge in [-0.05, 0) is 6.42 Å². The summed E-state index contributed by atoms with van der Waals surface area (Å²) in [7, 11) is 0. The Labute approximate surface area is 96.9 Å². The number of nitrogens with two attached hydrogens (primary N) is 1. The Morgan fingerprint density at radius 3 is 3.00 bits per heavy atom. The van der Waals surface area contributed by atoms with E-state index in [4.69, 9.17) is 10.2 Å². The molecule has 0 atom stereocenters. The minimum atomic E-state index is 0.256. The predicted octanol–water partition coefficient (Wildman–Crippen LogP) is 1.16. The third-order valence-corrected chi connectivity index (χ3v) is 3.12. The van der Waals surface area contributed by atoms with Crippen LogP contribution < -0.4 is 11.1 Å². The lowest BCUT2D eigenvalue weighted by Gasteiger charge is -1.95. The molecule has 0 aromatic carbocycles. The van der Waals surface area contributed by atoms with E-state index >= 15 is 0 Å². The molecular weight excluding hydrogens is 226 g/mol. The van der Waals surface area contributed by atoms with Crippen LogP contribution in [-0.2, 0) is 19.5 Å². The lowest BCUT2D eigenvalue weighted by Crippen LogP contribution is -1.98. The van der Waals surface area contributed by atoms with Crippen molar-refractivity contribution in [3.05, 3.63) is 22.0 Å². The van der Waals surface area contributed by atoms with Crippen LogP contribution in [-0.4, -0.2) is 15.2 Å². The topological polar surface area (TPSA) is 89.9 Å². The summed E-state index contributed by atoms with van der Waals surface area (Å²) in [6, 6.07) is 0.383. The molecule has 0 unspecified atom stereocenters. The Bertz CT molecular complexity index is 410. The monoisotopic (exact) mass is 239 g/mol. The zero-order chi connectivity index (χ0) is 11.4. The van der Waals surface area contributed by atoms with Crippen LogP contribution in [0.3, 0.4) is 0 Å². The fraction of sp³-hybridized carbons (Fsp3) is 0.444. The first kappa shape index (κ1) is 11.0. The molecule has 2 aromatic heterocycles. The van der Waals surface area contributed by atoms with E-state index in [2.05, 4.69) is 27.4 Å². The fourth-order valence-corrected chi connectivity index (χ4v) is 1.95. The third-order valence-electron chi connectivity index (χ3n) is 1.98. The largest absolute Gasteiger partial charge is 0.407 e. The van der Waals surface area contributed by atoms with Crippen molar-refractivity contribution in [2.75, 3.05) is 5.32 Å². The second kappa shape index (κ2) is 5.04. The lowest BCUT2D eigenvalue weighted by molar-refractivity contribution is 0.507. The highest BCUT2D eigenvalue weighted by molar-refractivity contribution is 7.11. The van der Waals surface area contributed by atoms with Crippen LogP contribution in [0, 0.1) is 0 Å². The molecule has 0 aliphatic rings. The Hall–Kier alpha value is -1.47. The highest BCUT2D eigenvalue weighted by atomic mass is 32.1. The van der Waals surface area contributed by atoms with Crippen LogP contribution in [0.5, 0.6) is 0 Å². The van der Waals surface area contributed by atoms with Gasteiger partial charge in [0.15, 0.2) is 0 Å². The smallest absolute Gasteiger partial charge is 0.315 e. The molecule has 2 aromatic rings. The molecule has 2 heterocycles. The van der Waals surface area contributed by atoms with E-state index < -0.39 is 0 Å². The van der Waals surface area contributed by atoms with E-state index in [9.17, 15) is 0 Å². The van der Waals surface area contributed by atoms with Gasteiger partial charge in [0, 0.05) is 11.1 Å². The number of aryl methyl sites for hydroxylation is 1. The van der Waals surface area contributed by atoms with Crippen LogP contribution in [0.1, 0.15) is 22.7 Å². The fourth-order valence-electron chi connectivity index (χ4n) is 1.15. The molecule has 0 radical (unpaired) electrons. The Kier molecular flexibility index (Phi) is 3.47. The molecule has 6 nitrogen and oxygen atoms in total. The van der Waals surface area contributed by atoms with Crippen molar-refractivity contribution in [1.29, 1.82) is 0 Å². The van der Waals surface area contributed by atoms with Gasteiger partial charge < -0.3 is 15.5 Å². The minimum absolute atomic E-state index is 0.256. The summed E-state index contributed by atoms with van der Waals surface area (Å²) >= 11 is 1.68.